The van der Waals surface area contributed by atoms with E-state index >= 15 is 0 Å². The molecule has 20 heavy (non-hydrogen) atoms. The predicted molar refractivity (Wildman–Crippen MR) is 80.5 cm³/mol. The Balaban J connectivity index is 1.79. The summed E-state index contributed by atoms with van der Waals surface area (Å²) in [4.78, 5) is 0. The molecule has 0 spiro atoms. The van der Waals surface area contributed by atoms with Crippen molar-refractivity contribution in [3.05, 3.63) is 29.8 Å². The first-order chi connectivity index (χ1) is 9.63. The summed E-state index contributed by atoms with van der Waals surface area (Å²) in [6.45, 7) is 0.847. The third kappa shape index (κ3) is 3.96. The van der Waals surface area contributed by atoms with Crippen LogP contribution in [0.3, 0.4) is 0 Å². The minimum Gasteiger partial charge on any atom is -0.493 e. The summed E-state index contributed by atoms with van der Waals surface area (Å²) in [5.41, 5.74) is 6.58. The standard InChI is InChI=1S/C15H23NO3S/c16-12-13-6-1-4-9-15(13)19-10-5-11-20(17,18)14-7-2-3-8-14/h1,4,6,9,14H,2-3,5,7-8,10-12,16H2. The van der Waals surface area contributed by atoms with Crippen molar-refractivity contribution in [3.8, 4) is 5.75 Å². The fraction of sp³-hybridized carbons (Fsp3) is 0.600. The van der Waals surface area contributed by atoms with Crippen molar-refractivity contribution in [2.24, 2.45) is 5.73 Å². The lowest BCUT2D eigenvalue weighted by Crippen LogP contribution is -2.22. The second-order valence-electron chi connectivity index (χ2n) is 5.29. The summed E-state index contributed by atoms with van der Waals surface area (Å²) >= 11 is 0. The minimum absolute atomic E-state index is 0.112. The molecule has 0 aromatic heterocycles. The van der Waals surface area contributed by atoms with Crippen molar-refractivity contribution in [3.63, 3.8) is 0 Å². The van der Waals surface area contributed by atoms with E-state index in [2.05, 4.69) is 0 Å². The van der Waals surface area contributed by atoms with Crippen LogP contribution < -0.4 is 10.5 Å². The van der Waals surface area contributed by atoms with Gasteiger partial charge in [-0.25, -0.2) is 8.42 Å². The molecule has 0 unspecified atom stereocenters. The second kappa shape index (κ2) is 7.09. The topological polar surface area (TPSA) is 69.4 Å². The zero-order chi connectivity index (χ0) is 14.4. The van der Waals surface area contributed by atoms with E-state index in [1.807, 2.05) is 24.3 Å². The summed E-state index contributed by atoms with van der Waals surface area (Å²) in [7, 11) is -2.93. The largest absolute Gasteiger partial charge is 0.493 e. The summed E-state index contributed by atoms with van der Waals surface area (Å²) in [6.07, 6.45) is 4.30. The number of para-hydroxylation sites is 1. The van der Waals surface area contributed by atoms with Gasteiger partial charge in [0.25, 0.3) is 0 Å². The molecule has 112 valence electrons. The van der Waals surface area contributed by atoms with E-state index in [1.54, 1.807) is 0 Å². The smallest absolute Gasteiger partial charge is 0.153 e. The predicted octanol–water partition coefficient (Wildman–Crippen LogP) is 2.27. The summed E-state index contributed by atoms with van der Waals surface area (Å²) in [5, 5.41) is -0.112. The van der Waals surface area contributed by atoms with Crippen LogP contribution in [0.5, 0.6) is 5.75 Å². The maximum Gasteiger partial charge on any atom is 0.153 e. The highest BCUT2D eigenvalue weighted by Gasteiger charge is 2.27. The summed E-state index contributed by atoms with van der Waals surface area (Å²) in [5.74, 6) is 0.982. The second-order valence-corrected chi connectivity index (χ2v) is 7.69. The van der Waals surface area contributed by atoms with Crippen LogP contribution in [0.25, 0.3) is 0 Å². The Bertz CT molecular complexity index is 522. The Kier molecular flexibility index (Phi) is 5.43. The third-order valence-electron chi connectivity index (χ3n) is 3.83. The maximum atomic E-state index is 12.1. The Labute approximate surface area is 121 Å². The van der Waals surface area contributed by atoms with E-state index in [1.165, 1.54) is 0 Å². The monoisotopic (exact) mass is 297 g/mol. The van der Waals surface area contributed by atoms with Crippen LogP contribution in [0.15, 0.2) is 24.3 Å². The lowest BCUT2D eigenvalue weighted by atomic mass is 10.2. The molecule has 0 atom stereocenters. The van der Waals surface area contributed by atoms with Gasteiger partial charge in [0.2, 0.25) is 0 Å². The van der Waals surface area contributed by atoms with E-state index < -0.39 is 9.84 Å². The molecule has 0 aliphatic heterocycles. The van der Waals surface area contributed by atoms with Gasteiger partial charge in [-0.1, -0.05) is 31.0 Å². The van der Waals surface area contributed by atoms with Crippen LogP contribution in [0, 0.1) is 0 Å². The minimum atomic E-state index is -2.93. The van der Waals surface area contributed by atoms with Crippen LogP contribution >= 0.6 is 0 Å². The summed E-state index contributed by atoms with van der Waals surface area (Å²) in [6, 6.07) is 7.60. The highest BCUT2D eigenvalue weighted by Crippen LogP contribution is 2.25. The SMILES string of the molecule is NCc1ccccc1OCCCS(=O)(=O)C1CCCC1. The van der Waals surface area contributed by atoms with Gasteiger partial charge in [0.15, 0.2) is 9.84 Å². The fourth-order valence-electron chi connectivity index (χ4n) is 2.67. The fourth-order valence-corrected chi connectivity index (χ4v) is 4.57. The normalized spacial score (nSPS) is 16.4. The Morgan fingerprint density at radius 2 is 1.90 bits per heavy atom. The molecule has 0 radical (unpaired) electrons. The highest BCUT2D eigenvalue weighted by molar-refractivity contribution is 7.92. The molecular formula is C15H23NO3S. The van der Waals surface area contributed by atoms with Crippen molar-refractivity contribution < 1.29 is 13.2 Å². The van der Waals surface area contributed by atoms with Crippen LogP contribution in [-0.2, 0) is 16.4 Å². The highest BCUT2D eigenvalue weighted by atomic mass is 32.2. The van der Waals surface area contributed by atoms with Gasteiger partial charge in [0.05, 0.1) is 17.6 Å². The lowest BCUT2D eigenvalue weighted by Gasteiger charge is -2.12. The van der Waals surface area contributed by atoms with Gasteiger partial charge in [0.1, 0.15) is 5.75 Å². The van der Waals surface area contributed by atoms with Gasteiger partial charge in [-0.15, -0.1) is 0 Å². The lowest BCUT2D eigenvalue weighted by molar-refractivity contribution is 0.314. The Morgan fingerprint density at radius 1 is 1.20 bits per heavy atom. The zero-order valence-electron chi connectivity index (χ0n) is 11.8. The molecule has 2 rings (SSSR count). The molecule has 2 N–H and O–H groups in total. The van der Waals surface area contributed by atoms with Crippen molar-refractivity contribution in [2.75, 3.05) is 12.4 Å². The van der Waals surface area contributed by atoms with Crippen LogP contribution in [0.2, 0.25) is 0 Å². The van der Waals surface area contributed by atoms with Gasteiger partial charge in [-0.2, -0.15) is 0 Å². The summed E-state index contributed by atoms with van der Waals surface area (Å²) < 4.78 is 29.8. The quantitative estimate of drug-likeness (QED) is 0.784. The molecule has 1 saturated carbocycles. The van der Waals surface area contributed by atoms with Crippen LogP contribution in [0.4, 0.5) is 0 Å². The first-order valence-electron chi connectivity index (χ1n) is 7.26. The molecule has 1 aliphatic rings. The van der Waals surface area contributed by atoms with E-state index in [0.29, 0.717) is 19.6 Å². The molecule has 5 heteroatoms. The number of benzene rings is 1. The number of rotatable bonds is 7. The van der Waals surface area contributed by atoms with E-state index in [4.69, 9.17) is 10.5 Å². The van der Waals surface area contributed by atoms with Crippen molar-refractivity contribution in [2.45, 2.75) is 43.9 Å². The number of hydrogen-bond donors (Lipinski definition) is 1. The molecule has 0 amide bonds. The number of ether oxygens (including phenoxy) is 1. The zero-order valence-corrected chi connectivity index (χ0v) is 12.6. The number of nitrogens with two attached hydrogens (primary N) is 1. The Morgan fingerprint density at radius 3 is 2.60 bits per heavy atom. The first-order valence-corrected chi connectivity index (χ1v) is 8.97. The molecule has 0 saturated heterocycles. The molecule has 1 aliphatic carbocycles. The van der Waals surface area contributed by atoms with Crippen LogP contribution in [0.1, 0.15) is 37.7 Å². The average molecular weight is 297 g/mol. The first kappa shape index (κ1) is 15.3. The number of sulfone groups is 1. The van der Waals surface area contributed by atoms with Crippen molar-refractivity contribution in [1.82, 2.24) is 0 Å². The molecule has 0 heterocycles. The molecule has 1 aromatic rings. The average Bonchev–Trinajstić information content (AvgIpc) is 2.99. The van der Waals surface area contributed by atoms with Crippen molar-refractivity contribution in [1.29, 1.82) is 0 Å². The van der Waals surface area contributed by atoms with Gasteiger partial charge in [-0.05, 0) is 25.3 Å². The van der Waals surface area contributed by atoms with Gasteiger partial charge >= 0.3 is 0 Å². The molecule has 1 aromatic carbocycles. The molecule has 1 fully saturated rings. The maximum absolute atomic E-state index is 12.1. The van der Waals surface area contributed by atoms with Crippen LogP contribution in [-0.4, -0.2) is 26.0 Å². The van der Waals surface area contributed by atoms with Gasteiger partial charge in [-0.3, -0.25) is 0 Å². The van der Waals surface area contributed by atoms with Gasteiger partial charge in [0, 0.05) is 12.1 Å². The third-order valence-corrected chi connectivity index (χ3v) is 6.18. The van der Waals surface area contributed by atoms with Gasteiger partial charge < -0.3 is 10.5 Å². The molecule has 0 bridgehead atoms. The van der Waals surface area contributed by atoms with E-state index in [-0.39, 0.29) is 11.0 Å². The molecule has 4 nitrogen and oxygen atoms in total. The van der Waals surface area contributed by atoms with Crippen molar-refractivity contribution >= 4 is 9.84 Å². The molecular weight excluding hydrogens is 274 g/mol. The van der Waals surface area contributed by atoms with E-state index in [0.717, 1.165) is 37.0 Å². The Hall–Kier alpha value is -1.07. The number of hydrogen-bond acceptors (Lipinski definition) is 4. The van der Waals surface area contributed by atoms with E-state index in [9.17, 15) is 8.42 Å².